The number of piperazine rings is 1. The number of amides is 1. The van der Waals surface area contributed by atoms with Crippen LogP contribution in [0.25, 0.3) is 0 Å². The maximum atomic E-state index is 12.6. The number of carbonyl (C=O) groups is 1. The number of nitrogens with zero attached hydrogens (tertiary/aromatic N) is 2. The second-order valence-corrected chi connectivity index (χ2v) is 5.80. The molecular weight excluding hydrogens is 250 g/mol. The summed E-state index contributed by atoms with van der Waals surface area (Å²) in [6.07, 6.45) is 2.16. The first-order valence-corrected chi connectivity index (χ1v) is 7.59. The maximum absolute atomic E-state index is 12.6. The van der Waals surface area contributed by atoms with Gasteiger partial charge in [0.1, 0.15) is 0 Å². The van der Waals surface area contributed by atoms with Crippen molar-refractivity contribution < 1.29 is 4.79 Å². The molecule has 1 atom stereocenters. The van der Waals surface area contributed by atoms with Gasteiger partial charge in [-0.05, 0) is 31.4 Å². The number of carbonyl (C=O) groups excluding carboxylic acids is 1. The predicted molar refractivity (Wildman–Crippen MR) is 81.0 cm³/mol. The second kappa shape index (κ2) is 5.94. The number of hydrogen-bond donors (Lipinski definition) is 1. The Bertz CT molecular complexity index is 488. The summed E-state index contributed by atoms with van der Waals surface area (Å²) in [4.78, 5) is 16.9. The highest BCUT2D eigenvalue weighted by molar-refractivity contribution is 5.96. The Morgan fingerprint density at radius 3 is 3.05 bits per heavy atom. The van der Waals surface area contributed by atoms with E-state index < -0.39 is 0 Å². The Labute approximate surface area is 120 Å². The van der Waals surface area contributed by atoms with Crippen molar-refractivity contribution in [3.05, 3.63) is 29.8 Å². The molecule has 1 N–H and O–H groups in total. The quantitative estimate of drug-likeness (QED) is 0.881. The molecule has 3 rings (SSSR count). The number of aryl methyl sites for hydroxylation is 1. The zero-order valence-corrected chi connectivity index (χ0v) is 12.1. The summed E-state index contributed by atoms with van der Waals surface area (Å²) in [7, 11) is 0. The van der Waals surface area contributed by atoms with E-state index in [0.717, 1.165) is 44.7 Å². The zero-order chi connectivity index (χ0) is 13.9. The van der Waals surface area contributed by atoms with Crippen LogP contribution in [0.5, 0.6) is 0 Å². The fourth-order valence-corrected chi connectivity index (χ4v) is 3.17. The molecule has 2 aliphatic heterocycles. The van der Waals surface area contributed by atoms with E-state index in [1.807, 2.05) is 11.0 Å². The summed E-state index contributed by atoms with van der Waals surface area (Å²) >= 11 is 0. The first-order chi connectivity index (χ1) is 9.75. The maximum Gasteiger partial charge on any atom is 0.241 e. The van der Waals surface area contributed by atoms with Gasteiger partial charge in [0.15, 0.2) is 0 Å². The van der Waals surface area contributed by atoms with Crippen molar-refractivity contribution in [2.45, 2.75) is 25.8 Å². The molecule has 0 spiro atoms. The van der Waals surface area contributed by atoms with E-state index in [2.05, 4.69) is 35.3 Å². The molecule has 4 heteroatoms. The van der Waals surface area contributed by atoms with Crippen LogP contribution < -0.4 is 10.2 Å². The molecule has 1 unspecified atom stereocenters. The van der Waals surface area contributed by atoms with Crippen LogP contribution in [0.2, 0.25) is 0 Å². The minimum Gasteiger partial charge on any atom is -0.314 e. The third-order valence-electron chi connectivity index (χ3n) is 4.39. The van der Waals surface area contributed by atoms with Gasteiger partial charge in [0.05, 0.1) is 6.54 Å². The van der Waals surface area contributed by atoms with E-state index in [4.69, 9.17) is 0 Å². The van der Waals surface area contributed by atoms with Crippen LogP contribution in [0.3, 0.4) is 0 Å². The van der Waals surface area contributed by atoms with Gasteiger partial charge in [0.2, 0.25) is 5.91 Å². The van der Waals surface area contributed by atoms with Gasteiger partial charge in [-0.25, -0.2) is 0 Å². The van der Waals surface area contributed by atoms with Gasteiger partial charge in [-0.3, -0.25) is 9.69 Å². The van der Waals surface area contributed by atoms with Crippen molar-refractivity contribution in [2.24, 2.45) is 0 Å². The molecule has 108 valence electrons. The number of hydrogen-bond acceptors (Lipinski definition) is 3. The smallest absolute Gasteiger partial charge is 0.241 e. The van der Waals surface area contributed by atoms with E-state index in [-0.39, 0.29) is 5.91 Å². The topological polar surface area (TPSA) is 35.6 Å². The SMILES string of the molecule is CC1CNCCN1CC(=O)N1CCCc2ccccc21. The van der Waals surface area contributed by atoms with E-state index in [9.17, 15) is 4.79 Å². The first kappa shape index (κ1) is 13.6. The zero-order valence-electron chi connectivity index (χ0n) is 12.1. The molecule has 2 aliphatic rings. The Kier molecular flexibility index (Phi) is 4.03. The van der Waals surface area contributed by atoms with Crippen LogP contribution in [0.4, 0.5) is 5.69 Å². The molecule has 1 aromatic rings. The fraction of sp³-hybridized carbons (Fsp3) is 0.562. The van der Waals surface area contributed by atoms with Gasteiger partial charge < -0.3 is 10.2 Å². The molecular formula is C16H23N3O. The van der Waals surface area contributed by atoms with Crippen molar-refractivity contribution in [3.8, 4) is 0 Å². The minimum absolute atomic E-state index is 0.242. The predicted octanol–water partition coefficient (Wildman–Crippen LogP) is 1.26. The van der Waals surface area contributed by atoms with Crippen LogP contribution in [0, 0.1) is 0 Å². The molecule has 4 nitrogen and oxygen atoms in total. The molecule has 1 amide bonds. The number of anilines is 1. The van der Waals surface area contributed by atoms with Gasteiger partial charge in [-0.1, -0.05) is 18.2 Å². The molecule has 0 aromatic heterocycles. The van der Waals surface area contributed by atoms with Crippen molar-refractivity contribution in [2.75, 3.05) is 37.6 Å². The van der Waals surface area contributed by atoms with Gasteiger partial charge in [0, 0.05) is 37.9 Å². The summed E-state index contributed by atoms with van der Waals surface area (Å²) < 4.78 is 0. The summed E-state index contributed by atoms with van der Waals surface area (Å²) in [5.74, 6) is 0.242. The second-order valence-electron chi connectivity index (χ2n) is 5.80. The highest BCUT2D eigenvalue weighted by Gasteiger charge is 2.26. The van der Waals surface area contributed by atoms with Crippen LogP contribution in [-0.2, 0) is 11.2 Å². The van der Waals surface area contributed by atoms with Crippen LogP contribution >= 0.6 is 0 Å². The molecule has 2 heterocycles. The number of para-hydroxylation sites is 1. The minimum atomic E-state index is 0.242. The monoisotopic (exact) mass is 273 g/mol. The van der Waals surface area contributed by atoms with Gasteiger partial charge in [0.25, 0.3) is 0 Å². The average molecular weight is 273 g/mol. The number of benzene rings is 1. The first-order valence-electron chi connectivity index (χ1n) is 7.59. The molecule has 1 fully saturated rings. The Hall–Kier alpha value is -1.39. The van der Waals surface area contributed by atoms with E-state index >= 15 is 0 Å². The highest BCUT2D eigenvalue weighted by Crippen LogP contribution is 2.26. The number of rotatable bonds is 2. The molecule has 20 heavy (non-hydrogen) atoms. The Morgan fingerprint density at radius 2 is 2.20 bits per heavy atom. The van der Waals surface area contributed by atoms with E-state index in [1.54, 1.807) is 0 Å². The molecule has 0 bridgehead atoms. The number of nitrogens with one attached hydrogen (secondary N) is 1. The lowest BCUT2D eigenvalue weighted by molar-refractivity contribution is -0.120. The van der Waals surface area contributed by atoms with Gasteiger partial charge >= 0.3 is 0 Å². The van der Waals surface area contributed by atoms with Gasteiger partial charge in [-0.15, -0.1) is 0 Å². The fourth-order valence-electron chi connectivity index (χ4n) is 3.17. The summed E-state index contributed by atoms with van der Waals surface area (Å²) in [5, 5.41) is 3.37. The van der Waals surface area contributed by atoms with Crippen LogP contribution in [-0.4, -0.2) is 49.6 Å². The lowest BCUT2D eigenvalue weighted by Crippen LogP contribution is -2.53. The van der Waals surface area contributed by atoms with Crippen LogP contribution in [0.15, 0.2) is 24.3 Å². The largest absolute Gasteiger partial charge is 0.314 e. The van der Waals surface area contributed by atoms with Gasteiger partial charge in [-0.2, -0.15) is 0 Å². The van der Waals surface area contributed by atoms with E-state index in [0.29, 0.717) is 12.6 Å². The third kappa shape index (κ3) is 2.72. The molecule has 1 saturated heterocycles. The Balaban J connectivity index is 1.72. The lowest BCUT2D eigenvalue weighted by atomic mass is 10.0. The van der Waals surface area contributed by atoms with Crippen molar-refractivity contribution in [3.63, 3.8) is 0 Å². The van der Waals surface area contributed by atoms with Crippen molar-refractivity contribution >= 4 is 11.6 Å². The van der Waals surface area contributed by atoms with Crippen molar-refractivity contribution in [1.82, 2.24) is 10.2 Å². The summed E-state index contributed by atoms with van der Waals surface area (Å²) in [6, 6.07) is 8.74. The highest BCUT2D eigenvalue weighted by atomic mass is 16.2. The average Bonchev–Trinajstić information content (AvgIpc) is 2.49. The molecule has 0 aliphatic carbocycles. The third-order valence-corrected chi connectivity index (χ3v) is 4.39. The number of fused-ring (bicyclic) bond motifs is 1. The summed E-state index contributed by atoms with van der Waals surface area (Å²) in [5.41, 5.74) is 2.42. The molecule has 0 radical (unpaired) electrons. The normalized spacial score (nSPS) is 23.4. The van der Waals surface area contributed by atoms with Crippen molar-refractivity contribution in [1.29, 1.82) is 0 Å². The summed E-state index contributed by atoms with van der Waals surface area (Å²) in [6.45, 7) is 6.50. The van der Waals surface area contributed by atoms with E-state index in [1.165, 1.54) is 5.56 Å². The van der Waals surface area contributed by atoms with Crippen LogP contribution in [0.1, 0.15) is 18.9 Å². The standard InChI is InChI=1S/C16H23N3O/c1-13-11-17-8-10-18(13)12-16(20)19-9-4-6-14-5-2-3-7-15(14)19/h2-3,5,7,13,17H,4,6,8-12H2,1H3. The lowest BCUT2D eigenvalue weighted by Gasteiger charge is -2.36. The molecule has 0 saturated carbocycles. The molecule has 1 aromatic carbocycles. The Morgan fingerprint density at radius 1 is 1.35 bits per heavy atom.